The second kappa shape index (κ2) is 11.0. The van der Waals surface area contributed by atoms with Crippen molar-refractivity contribution in [3.05, 3.63) is 93.8 Å². The van der Waals surface area contributed by atoms with Gasteiger partial charge in [0.15, 0.2) is 0 Å². The van der Waals surface area contributed by atoms with E-state index in [0.29, 0.717) is 29.3 Å². The Balaban J connectivity index is 1.62. The van der Waals surface area contributed by atoms with Crippen LogP contribution in [0.1, 0.15) is 27.0 Å². The van der Waals surface area contributed by atoms with Gasteiger partial charge in [0.25, 0.3) is 15.9 Å². The molecular weight excluding hydrogens is 483 g/mol. The third-order valence-electron chi connectivity index (χ3n) is 4.86. The van der Waals surface area contributed by atoms with Crippen LogP contribution < -0.4 is 10.0 Å². The Morgan fingerprint density at radius 1 is 1.06 bits per heavy atom. The highest BCUT2D eigenvalue weighted by Gasteiger charge is 2.21. The Bertz CT molecular complexity index is 1270. The number of thioether (sulfide) groups is 1. The number of carbonyl (C=O) groups is 1. The highest BCUT2D eigenvalue weighted by Crippen LogP contribution is 2.26. The highest BCUT2D eigenvalue weighted by atomic mass is 35.5. The van der Waals surface area contributed by atoms with E-state index in [2.05, 4.69) is 10.0 Å². The van der Waals surface area contributed by atoms with E-state index >= 15 is 0 Å². The highest BCUT2D eigenvalue weighted by molar-refractivity contribution is 7.98. The van der Waals surface area contributed by atoms with Crippen LogP contribution in [0.2, 0.25) is 5.02 Å². The van der Waals surface area contributed by atoms with Gasteiger partial charge < -0.3 is 5.32 Å². The van der Waals surface area contributed by atoms with Gasteiger partial charge in [0.2, 0.25) is 0 Å². The molecule has 0 bridgehead atoms. The molecule has 0 saturated heterocycles. The molecule has 0 radical (unpaired) electrons. The molecule has 0 atom stereocenters. The Labute approximate surface area is 202 Å². The van der Waals surface area contributed by atoms with E-state index in [1.807, 2.05) is 13.0 Å². The van der Waals surface area contributed by atoms with Crippen LogP contribution in [0.3, 0.4) is 0 Å². The molecule has 0 heterocycles. The Kier molecular flexibility index (Phi) is 8.40. The summed E-state index contributed by atoms with van der Waals surface area (Å²) in [6.07, 6.45) is 0. The quantitative estimate of drug-likeness (QED) is 0.372. The summed E-state index contributed by atoms with van der Waals surface area (Å²) in [7, 11) is -4.00. The van der Waals surface area contributed by atoms with Crippen LogP contribution >= 0.6 is 23.4 Å². The fraction of sp³-hybridized carbons (Fsp3) is 0.208. The molecule has 0 unspecified atom stereocenters. The molecule has 0 aliphatic heterocycles. The fourth-order valence-electron chi connectivity index (χ4n) is 3.11. The van der Waals surface area contributed by atoms with E-state index < -0.39 is 15.9 Å². The predicted molar refractivity (Wildman–Crippen MR) is 133 cm³/mol. The molecule has 33 heavy (non-hydrogen) atoms. The number of aryl methyl sites for hydroxylation is 2. The van der Waals surface area contributed by atoms with Crippen LogP contribution in [-0.4, -0.2) is 26.6 Å². The molecule has 0 aliphatic carbocycles. The molecule has 3 aromatic carbocycles. The molecule has 0 aromatic heterocycles. The van der Waals surface area contributed by atoms with Crippen molar-refractivity contribution in [1.29, 1.82) is 0 Å². The zero-order chi connectivity index (χ0) is 24.0. The van der Waals surface area contributed by atoms with E-state index in [4.69, 9.17) is 11.6 Å². The first-order valence-corrected chi connectivity index (χ1v) is 13.2. The second-order valence-corrected chi connectivity index (χ2v) is 10.6. The maximum absolute atomic E-state index is 13.6. The monoisotopic (exact) mass is 506 g/mol. The van der Waals surface area contributed by atoms with Gasteiger partial charge in [0.1, 0.15) is 10.7 Å². The number of anilines is 1. The average Bonchev–Trinajstić information content (AvgIpc) is 2.76. The first-order chi connectivity index (χ1) is 15.7. The van der Waals surface area contributed by atoms with Crippen LogP contribution in [0.5, 0.6) is 0 Å². The van der Waals surface area contributed by atoms with E-state index in [1.165, 1.54) is 36.0 Å². The van der Waals surface area contributed by atoms with Crippen molar-refractivity contribution in [2.45, 2.75) is 24.5 Å². The lowest BCUT2D eigenvalue weighted by Gasteiger charge is -2.13. The number of hydrogen-bond acceptors (Lipinski definition) is 4. The summed E-state index contributed by atoms with van der Waals surface area (Å²) in [5, 5.41) is 2.77. The Morgan fingerprint density at radius 3 is 2.55 bits per heavy atom. The molecule has 0 saturated carbocycles. The molecule has 0 aliphatic rings. The van der Waals surface area contributed by atoms with Crippen LogP contribution in [0.25, 0.3) is 0 Å². The van der Waals surface area contributed by atoms with E-state index in [-0.39, 0.29) is 21.3 Å². The van der Waals surface area contributed by atoms with Gasteiger partial charge >= 0.3 is 0 Å². The van der Waals surface area contributed by atoms with Gasteiger partial charge in [-0.1, -0.05) is 47.5 Å². The first-order valence-electron chi connectivity index (χ1n) is 10.2. The maximum Gasteiger partial charge on any atom is 0.263 e. The molecule has 5 nitrogen and oxygen atoms in total. The lowest BCUT2D eigenvalue weighted by Crippen LogP contribution is -2.26. The molecule has 1 amide bonds. The zero-order valence-electron chi connectivity index (χ0n) is 18.2. The lowest BCUT2D eigenvalue weighted by atomic mass is 10.1. The predicted octanol–water partition coefficient (Wildman–Crippen LogP) is 5.56. The summed E-state index contributed by atoms with van der Waals surface area (Å²) in [6.45, 7) is 4.08. The van der Waals surface area contributed by atoms with Crippen molar-refractivity contribution in [2.24, 2.45) is 0 Å². The number of amides is 1. The average molecular weight is 507 g/mol. The summed E-state index contributed by atoms with van der Waals surface area (Å²) in [5.41, 5.74) is 3.02. The van der Waals surface area contributed by atoms with Crippen molar-refractivity contribution < 1.29 is 17.6 Å². The van der Waals surface area contributed by atoms with Crippen LogP contribution in [0.15, 0.2) is 65.6 Å². The topological polar surface area (TPSA) is 75.3 Å². The summed E-state index contributed by atoms with van der Waals surface area (Å²) in [5.74, 6) is 0.405. The summed E-state index contributed by atoms with van der Waals surface area (Å²) in [6, 6.07) is 16.0. The molecular formula is C24H24ClFN2O3S2. The van der Waals surface area contributed by atoms with Crippen molar-refractivity contribution in [2.75, 3.05) is 17.0 Å². The number of rotatable bonds is 9. The minimum absolute atomic E-state index is 0.0178. The molecule has 0 spiro atoms. The van der Waals surface area contributed by atoms with E-state index in [1.54, 1.807) is 37.3 Å². The number of halogens is 2. The lowest BCUT2D eigenvalue weighted by molar-refractivity contribution is 0.0956. The number of hydrogen-bond donors (Lipinski definition) is 2. The Morgan fingerprint density at radius 2 is 1.82 bits per heavy atom. The molecule has 3 rings (SSSR count). The Hall–Kier alpha value is -2.55. The largest absolute Gasteiger partial charge is 0.351 e. The number of carbonyl (C=O) groups excluding carboxylic acids is 1. The molecule has 174 valence electrons. The third kappa shape index (κ3) is 6.72. The molecule has 2 N–H and O–H groups in total. The van der Waals surface area contributed by atoms with Crippen molar-refractivity contribution in [3.63, 3.8) is 0 Å². The van der Waals surface area contributed by atoms with Gasteiger partial charge in [-0.25, -0.2) is 12.8 Å². The molecule has 3 aromatic rings. The number of nitrogens with one attached hydrogen (secondary N) is 2. The van der Waals surface area contributed by atoms with Crippen LogP contribution in [-0.2, 0) is 15.8 Å². The third-order valence-corrected chi connectivity index (χ3v) is 7.71. The minimum atomic E-state index is -4.00. The van der Waals surface area contributed by atoms with Crippen molar-refractivity contribution >= 4 is 45.0 Å². The summed E-state index contributed by atoms with van der Waals surface area (Å²) in [4.78, 5) is 12.4. The van der Waals surface area contributed by atoms with Gasteiger partial charge in [0.05, 0.1) is 10.7 Å². The van der Waals surface area contributed by atoms with E-state index in [9.17, 15) is 17.6 Å². The van der Waals surface area contributed by atoms with Crippen LogP contribution in [0, 0.1) is 19.7 Å². The van der Waals surface area contributed by atoms with Crippen molar-refractivity contribution in [1.82, 2.24) is 5.32 Å². The van der Waals surface area contributed by atoms with Gasteiger partial charge in [0, 0.05) is 23.6 Å². The SMILES string of the molecule is Cc1ccc(NS(=O)(=O)c2cc(C(=O)NCCSCc3ccccc3F)ccc2Cl)c(C)c1. The van der Waals surface area contributed by atoms with E-state index in [0.717, 1.165) is 11.1 Å². The second-order valence-electron chi connectivity index (χ2n) is 7.47. The van der Waals surface area contributed by atoms with Gasteiger partial charge in [-0.15, -0.1) is 0 Å². The smallest absolute Gasteiger partial charge is 0.263 e. The first kappa shape index (κ1) is 25.1. The van der Waals surface area contributed by atoms with Crippen LogP contribution in [0.4, 0.5) is 10.1 Å². The summed E-state index contributed by atoms with van der Waals surface area (Å²) < 4.78 is 42.1. The number of benzene rings is 3. The normalized spacial score (nSPS) is 11.3. The van der Waals surface area contributed by atoms with Crippen molar-refractivity contribution in [3.8, 4) is 0 Å². The summed E-state index contributed by atoms with van der Waals surface area (Å²) >= 11 is 7.64. The molecule has 9 heteroatoms. The number of sulfonamides is 1. The fourth-order valence-corrected chi connectivity index (χ4v) is 5.62. The van der Waals surface area contributed by atoms with Gasteiger partial charge in [-0.3, -0.25) is 9.52 Å². The molecule has 0 fully saturated rings. The zero-order valence-corrected chi connectivity index (χ0v) is 20.6. The van der Waals surface area contributed by atoms with Gasteiger partial charge in [-0.2, -0.15) is 11.8 Å². The standard InChI is InChI=1S/C24H24ClFN2O3S2/c1-16-7-10-22(17(2)13-16)28-33(30,31)23-14-18(8-9-20(23)25)24(29)27-11-12-32-15-19-5-3-4-6-21(19)26/h3-10,13-14,28H,11-12,15H2,1-2H3,(H,27,29). The minimum Gasteiger partial charge on any atom is -0.351 e. The van der Waals surface area contributed by atoms with Gasteiger partial charge in [-0.05, 0) is 55.3 Å². The maximum atomic E-state index is 13.6.